The van der Waals surface area contributed by atoms with Gasteiger partial charge in [0.2, 0.25) is 0 Å². The van der Waals surface area contributed by atoms with Crippen molar-refractivity contribution in [1.82, 2.24) is 0 Å². The van der Waals surface area contributed by atoms with Gasteiger partial charge in [-0.25, -0.2) is 4.39 Å². The molecule has 28 heavy (non-hydrogen) atoms. The Morgan fingerprint density at radius 2 is 1.89 bits per heavy atom. The van der Waals surface area contributed by atoms with Crippen molar-refractivity contribution in [2.24, 2.45) is 0 Å². The normalized spacial score (nSPS) is 14.0. The first-order chi connectivity index (χ1) is 13.4. The number of carbonyl (C=O) groups is 2. The number of nitrogens with one attached hydrogen (secondary N) is 1. The molecule has 4 N–H and O–H groups in total. The summed E-state index contributed by atoms with van der Waals surface area (Å²) in [7, 11) is 0. The largest absolute Gasteiger partial charge is 0.481 e. The number of benzene rings is 2. The van der Waals surface area contributed by atoms with E-state index in [1.54, 1.807) is 13.0 Å². The quantitative estimate of drug-likeness (QED) is 0.684. The fraction of sp³-hybridized carbons (Fsp3) is 0.333. The summed E-state index contributed by atoms with van der Waals surface area (Å²) in [6.07, 6.45) is 3.07. The highest BCUT2D eigenvalue weighted by molar-refractivity contribution is 6.07. The lowest BCUT2D eigenvalue weighted by Crippen LogP contribution is -2.30. The van der Waals surface area contributed by atoms with Crippen molar-refractivity contribution in [3.63, 3.8) is 0 Å². The van der Waals surface area contributed by atoms with E-state index < -0.39 is 17.7 Å². The standard InChI is InChI=1S/C21H24FN3O3/c1-13-16(6-8-18(20(13)23)25-9-3-2-4-10-25)21(28)24-17-7-5-15(22)11-14(17)12-19(26)27/h5-8,11H,2-4,9-10,12,23H2,1H3,(H,24,28)(H,26,27). The molecule has 0 radical (unpaired) electrons. The van der Waals surface area contributed by atoms with Gasteiger partial charge in [0, 0.05) is 24.3 Å². The van der Waals surface area contributed by atoms with Gasteiger partial charge >= 0.3 is 5.97 Å². The van der Waals surface area contributed by atoms with E-state index in [9.17, 15) is 14.0 Å². The monoisotopic (exact) mass is 385 g/mol. The molecular weight excluding hydrogens is 361 g/mol. The second-order valence-electron chi connectivity index (χ2n) is 7.04. The highest BCUT2D eigenvalue weighted by atomic mass is 19.1. The molecule has 0 saturated carbocycles. The molecule has 1 aliphatic rings. The third-order valence-electron chi connectivity index (χ3n) is 5.09. The molecule has 1 aliphatic heterocycles. The van der Waals surface area contributed by atoms with Crippen molar-refractivity contribution < 1.29 is 19.1 Å². The molecule has 0 aromatic heterocycles. The predicted molar refractivity (Wildman–Crippen MR) is 107 cm³/mol. The van der Waals surface area contributed by atoms with Gasteiger partial charge in [0.25, 0.3) is 5.91 Å². The topological polar surface area (TPSA) is 95.7 Å². The van der Waals surface area contributed by atoms with E-state index in [0.29, 0.717) is 16.8 Å². The van der Waals surface area contributed by atoms with Crippen LogP contribution in [0.2, 0.25) is 0 Å². The fourth-order valence-corrected chi connectivity index (χ4v) is 3.55. The van der Waals surface area contributed by atoms with E-state index in [1.165, 1.54) is 18.6 Å². The molecule has 1 amide bonds. The maximum Gasteiger partial charge on any atom is 0.307 e. The number of rotatable bonds is 5. The van der Waals surface area contributed by atoms with Crippen molar-refractivity contribution in [2.75, 3.05) is 29.0 Å². The molecule has 1 heterocycles. The molecule has 1 fully saturated rings. The maximum absolute atomic E-state index is 13.5. The molecule has 1 saturated heterocycles. The number of nitrogens with two attached hydrogens (primary N) is 1. The molecule has 0 unspecified atom stereocenters. The van der Waals surface area contributed by atoms with E-state index >= 15 is 0 Å². The van der Waals surface area contributed by atoms with Gasteiger partial charge in [-0.15, -0.1) is 0 Å². The number of piperidine rings is 1. The minimum atomic E-state index is -1.10. The molecule has 0 atom stereocenters. The van der Waals surface area contributed by atoms with Gasteiger partial charge in [0.1, 0.15) is 5.82 Å². The van der Waals surface area contributed by atoms with Crippen LogP contribution in [-0.4, -0.2) is 30.1 Å². The Labute approximate surface area is 163 Å². The lowest BCUT2D eigenvalue weighted by atomic mass is 10.0. The average molecular weight is 385 g/mol. The molecule has 7 heteroatoms. The van der Waals surface area contributed by atoms with E-state index in [0.717, 1.165) is 37.7 Å². The minimum Gasteiger partial charge on any atom is -0.481 e. The number of hydrogen-bond donors (Lipinski definition) is 3. The number of carbonyl (C=O) groups excluding carboxylic acids is 1. The zero-order valence-electron chi connectivity index (χ0n) is 15.8. The molecule has 0 aliphatic carbocycles. The van der Waals surface area contributed by atoms with Gasteiger partial charge in [-0.3, -0.25) is 9.59 Å². The van der Waals surface area contributed by atoms with E-state index in [-0.39, 0.29) is 17.7 Å². The second-order valence-corrected chi connectivity index (χ2v) is 7.04. The van der Waals surface area contributed by atoms with Gasteiger partial charge in [0.15, 0.2) is 0 Å². The zero-order valence-corrected chi connectivity index (χ0v) is 15.8. The Balaban J connectivity index is 1.85. The summed E-state index contributed by atoms with van der Waals surface area (Å²) in [5.74, 6) is -2.07. The van der Waals surface area contributed by atoms with Crippen LogP contribution in [0.3, 0.4) is 0 Å². The number of carboxylic acids is 1. The van der Waals surface area contributed by atoms with Gasteiger partial charge in [-0.05, 0) is 67.6 Å². The van der Waals surface area contributed by atoms with E-state index in [1.807, 2.05) is 6.07 Å². The van der Waals surface area contributed by atoms with Gasteiger partial charge in [0.05, 0.1) is 17.8 Å². The second kappa shape index (κ2) is 8.29. The molecule has 2 aromatic rings. The molecule has 6 nitrogen and oxygen atoms in total. The summed E-state index contributed by atoms with van der Waals surface area (Å²) in [6, 6.07) is 7.25. The van der Waals surface area contributed by atoms with Gasteiger partial charge in [-0.1, -0.05) is 0 Å². The number of aliphatic carboxylic acids is 1. The molecule has 0 bridgehead atoms. The van der Waals surface area contributed by atoms with E-state index in [2.05, 4.69) is 10.2 Å². The lowest BCUT2D eigenvalue weighted by Gasteiger charge is -2.30. The molecular formula is C21H24FN3O3. The van der Waals surface area contributed by atoms with Crippen molar-refractivity contribution >= 4 is 28.9 Å². The summed E-state index contributed by atoms with van der Waals surface area (Å²) in [5.41, 5.74) is 9.36. The maximum atomic E-state index is 13.5. The summed E-state index contributed by atoms with van der Waals surface area (Å²) in [4.78, 5) is 26.0. The highest BCUT2D eigenvalue weighted by Crippen LogP contribution is 2.31. The van der Waals surface area contributed by atoms with E-state index in [4.69, 9.17) is 10.8 Å². The summed E-state index contributed by atoms with van der Waals surface area (Å²) in [6.45, 7) is 3.69. The Hall–Kier alpha value is -3.09. The predicted octanol–water partition coefficient (Wildman–Crippen LogP) is 3.59. The lowest BCUT2D eigenvalue weighted by molar-refractivity contribution is -0.136. The summed E-state index contributed by atoms with van der Waals surface area (Å²) < 4.78 is 13.5. The highest BCUT2D eigenvalue weighted by Gasteiger charge is 2.19. The van der Waals surface area contributed by atoms with Crippen molar-refractivity contribution in [3.8, 4) is 0 Å². The number of hydrogen-bond acceptors (Lipinski definition) is 4. The zero-order chi connectivity index (χ0) is 20.3. The van der Waals surface area contributed by atoms with Crippen LogP contribution in [0.15, 0.2) is 30.3 Å². The molecule has 2 aromatic carbocycles. The van der Waals surface area contributed by atoms with Crippen LogP contribution in [0.5, 0.6) is 0 Å². The molecule has 148 valence electrons. The fourth-order valence-electron chi connectivity index (χ4n) is 3.55. The number of halogens is 1. The van der Waals surface area contributed by atoms with Crippen molar-refractivity contribution in [1.29, 1.82) is 0 Å². The Morgan fingerprint density at radius 3 is 2.57 bits per heavy atom. The number of amides is 1. The van der Waals surface area contributed by atoms with Crippen molar-refractivity contribution in [3.05, 3.63) is 52.8 Å². The van der Waals surface area contributed by atoms with Crippen LogP contribution < -0.4 is 16.0 Å². The number of nitrogens with zero attached hydrogens (tertiary/aromatic N) is 1. The Bertz CT molecular complexity index is 908. The summed E-state index contributed by atoms with van der Waals surface area (Å²) in [5, 5.41) is 11.7. The third kappa shape index (κ3) is 4.24. The van der Waals surface area contributed by atoms with Gasteiger partial charge in [-0.2, -0.15) is 0 Å². The van der Waals surface area contributed by atoms with Crippen LogP contribution >= 0.6 is 0 Å². The molecule has 3 rings (SSSR count). The third-order valence-corrected chi connectivity index (χ3v) is 5.09. The van der Waals surface area contributed by atoms with Crippen LogP contribution in [-0.2, 0) is 11.2 Å². The van der Waals surface area contributed by atoms with Crippen molar-refractivity contribution in [2.45, 2.75) is 32.6 Å². The van der Waals surface area contributed by atoms with Crippen LogP contribution in [0.4, 0.5) is 21.5 Å². The smallest absolute Gasteiger partial charge is 0.307 e. The number of anilines is 3. The van der Waals surface area contributed by atoms with Crippen LogP contribution in [0, 0.1) is 12.7 Å². The first-order valence-corrected chi connectivity index (χ1v) is 9.32. The minimum absolute atomic E-state index is 0.205. The molecule has 0 spiro atoms. The first kappa shape index (κ1) is 19.7. The van der Waals surface area contributed by atoms with Gasteiger partial charge < -0.3 is 21.1 Å². The van der Waals surface area contributed by atoms with Crippen LogP contribution in [0.1, 0.15) is 40.7 Å². The first-order valence-electron chi connectivity index (χ1n) is 9.32. The SMILES string of the molecule is Cc1c(C(=O)Nc2ccc(F)cc2CC(=O)O)ccc(N2CCCCC2)c1N. The summed E-state index contributed by atoms with van der Waals surface area (Å²) >= 11 is 0. The Morgan fingerprint density at radius 1 is 1.18 bits per heavy atom. The number of nitrogen functional groups attached to an aromatic ring is 1. The number of carboxylic acid groups (broad SMARTS) is 1. The Kier molecular flexibility index (Phi) is 5.82. The average Bonchev–Trinajstić information content (AvgIpc) is 2.66. The van der Waals surface area contributed by atoms with Crippen LogP contribution in [0.25, 0.3) is 0 Å².